The van der Waals surface area contributed by atoms with Crippen molar-refractivity contribution in [3.63, 3.8) is 0 Å². The van der Waals surface area contributed by atoms with Crippen molar-refractivity contribution in [3.05, 3.63) is 85.8 Å². The number of aromatic amines is 1. The number of nitrogens with zero attached hydrogens (tertiary/aromatic N) is 2. The average Bonchev–Trinajstić information content (AvgIpc) is 2.80. The van der Waals surface area contributed by atoms with E-state index in [9.17, 15) is 18.8 Å². The first-order valence-electron chi connectivity index (χ1n) is 10.5. The van der Waals surface area contributed by atoms with Crippen molar-refractivity contribution >= 4 is 34.7 Å². The summed E-state index contributed by atoms with van der Waals surface area (Å²) in [6, 6.07) is 12.8. The van der Waals surface area contributed by atoms with Crippen LogP contribution in [0.4, 0.5) is 21.6 Å². The Morgan fingerprint density at radius 2 is 1.97 bits per heavy atom. The molecular weight excluding hydrogens is 465 g/mol. The second kappa shape index (κ2) is 11.5. The van der Waals surface area contributed by atoms with Gasteiger partial charge in [0.05, 0.1) is 23.8 Å². The first-order chi connectivity index (χ1) is 16.3. The number of anilines is 3. The number of hydrogen-bond acceptors (Lipinski definition) is 6. The summed E-state index contributed by atoms with van der Waals surface area (Å²) in [4.78, 5) is 41.9. The number of carbonyl (C=O) groups excluding carboxylic acids is 1. The number of ether oxygens (including phenoxy) is 1. The first-order valence-corrected chi connectivity index (χ1v) is 10.8. The summed E-state index contributed by atoms with van der Waals surface area (Å²) in [5, 5.41) is 2.95. The summed E-state index contributed by atoms with van der Waals surface area (Å²) >= 11 is 6.02. The van der Waals surface area contributed by atoms with Crippen molar-refractivity contribution in [2.45, 2.75) is 13.0 Å². The Hall–Kier alpha value is -3.63. The zero-order valence-electron chi connectivity index (χ0n) is 18.5. The predicted octanol–water partition coefficient (Wildman–Crippen LogP) is 2.44. The molecule has 3 aromatic rings. The van der Waals surface area contributed by atoms with Gasteiger partial charge in [-0.25, -0.2) is 9.18 Å². The molecule has 0 aliphatic rings. The van der Waals surface area contributed by atoms with Crippen LogP contribution >= 0.6 is 11.6 Å². The van der Waals surface area contributed by atoms with E-state index in [-0.39, 0.29) is 36.2 Å². The molecular formula is C23H25ClFN5O4. The molecule has 0 radical (unpaired) electrons. The van der Waals surface area contributed by atoms with E-state index in [0.29, 0.717) is 18.7 Å². The molecule has 2 aromatic carbocycles. The van der Waals surface area contributed by atoms with Crippen LogP contribution in [-0.2, 0) is 16.1 Å². The number of aromatic nitrogens is 2. The third-order valence-corrected chi connectivity index (χ3v) is 5.37. The van der Waals surface area contributed by atoms with Crippen molar-refractivity contribution < 1.29 is 13.9 Å². The number of nitrogens with one attached hydrogen (secondary N) is 2. The Bertz CT molecular complexity index is 1260. The summed E-state index contributed by atoms with van der Waals surface area (Å²) in [5.41, 5.74) is 5.80. The van der Waals surface area contributed by atoms with Crippen molar-refractivity contribution in [3.8, 4) is 0 Å². The Labute approximate surface area is 199 Å². The maximum Gasteiger partial charge on any atom is 0.330 e. The highest BCUT2D eigenvalue weighted by Gasteiger charge is 2.24. The lowest BCUT2D eigenvalue weighted by Gasteiger charge is -2.25. The molecule has 0 fully saturated rings. The fraction of sp³-hybridized carbons (Fsp3) is 0.261. The molecule has 0 saturated carbocycles. The molecule has 3 rings (SSSR count). The Balaban J connectivity index is 1.94. The van der Waals surface area contributed by atoms with Gasteiger partial charge >= 0.3 is 5.69 Å². The van der Waals surface area contributed by atoms with E-state index in [1.807, 2.05) is 30.3 Å². The number of halogens is 2. The molecule has 34 heavy (non-hydrogen) atoms. The normalized spacial score (nSPS) is 10.8. The number of amides is 1. The summed E-state index contributed by atoms with van der Waals surface area (Å²) in [7, 11) is 1.52. The van der Waals surface area contributed by atoms with Gasteiger partial charge < -0.3 is 20.7 Å². The quantitative estimate of drug-likeness (QED) is 0.376. The van der Waals surface area contributed by atoms with E-state index in [0.717, 1.165) is 11.6 Å². The second-order valence-corrected chi connectivity index (χ2v) is 7.84. The molecule has 0 aliphatic heterocycles. The average molecular weight is 490 g/mol. The highest BCUT2D eigenvalue weighted by molar-refractivity contribution is 6.33. The predicted molar refractivity (Wildman–Crippen MR) is 130 cm³/mol. The van der Waals surface area contributed by atoms with Gasteiger partial charge in [-0.3, -0.25) is 19.1 Å². The van der Waals surface area contributed by atoms with Gasteiger partial charge in [0.15, 0.2) is 5.69 Å². The minimum absolute atomic E-state index is 0.104. The lowest BCUT2D eigenvalue weighted by atomic mass is 10.2. The highest BCUT2D eigenvalue weighted by Crippen LogP contribution is 2.23. The van der Waals surface area contributed by atoms with Crippen molar-refractivity contribution in [2.24, 2.45) is 0 Å². The van der Waals surface area contributed by atoms with Gasteiger partial charge in [-0.05, 0) is 30.2 Å². The minimum atomic E-state index is -0.780. The van der Waals surface area contributed by atoms with Gasteiger partial charge in [0.2, 0.25) is 5.91 Å². The van der Waals surface area contributed by atoms with Crippen LogP contribution in [0.25, 0.3) is 0 Å². The van der Waals surface area contributed by atoms with Gasteiger partial charge in [0, 0.05) is 20.3 Å². The summed E-state index contributed by atoms with van der Waals surface area (Å²) in [5.74, 6) is -1.15. The molecule has 9 nitrogen and oxygen atoms in total. The molecule has 0 saturated heterocycles. The van der Waals surface area contributed by atoms with Crippen LogP contribution < -0.4 is 27.2 Å². The van der Waals surface area contributed by atoms with Crippen LogP contribution in [0.1, 0.15) is 12.0 Å². The molecule has 0 aliphatic carbocycles. The molecule has 0 spiro atoms. The van der Waals surface area contributed by atoms with Gasteiger partial charge in [0.1, 0.15) is 11.6 Å². The van der Waals surface area contributed by atoms with Gasteiger partial charge in [0.25, 0.3) is 5.56 Å². The SMILES string of the molecule is COCCCN(C(=O)CNc1ccc(F)cc1Cl)c1c(N)n(Cc2ccccc2)c(=O)[nH]c1=O. The van der Waals surface area contributed by atoms with Crippen LogP contribution in [0, 0.1) is 5.82 Å². The number of hydrogen-bond donors (Lipinski definition) is 3. The van der Waals surface area contributed by atoms with Gasteiger partial charge in [-0.2, -0.15) is 0 Å². The number of nitrogen functional groups attached to an aromatic ring is 1. The van der Waals surface area contributed by atoms with Crippen LogP contribution in [-0.4, -0.2) is 42.3 Å². The van der Waals surface area contributed by atoms with E-state index in [4.69, 9.17) is 22.1 Å². The van der Waals surface area contributed by atoms with E-state index in [1.165, 1.54) is 28.7 Å². The van der Waals surface area contributed by atoms with E-state index in [2.05, 4.69) is 10.3 Å². The number of carbonyl (C=O) groups is 1. The fourth-order valence-electron chi connectivity index (χ4n) is 3.39. The molecule has 11 heteroatoms. The minimum Gasteiger partial charge on any atom is -0.385 e. The monoisotopic (exact) mass is 489 g/mol. The Morgan fingerprint density at radius 3 is 2.65 bits per heavy atom. The number of methoxy groups -OCH3 is 1. The van der Waals surface area contributed by atoms with Crippen molar-refractivity contribution in [2.75, 3.05) is 42.8 Å². The topological polar surface area (TPSA) is 122 Å². The number of nitrogens with two attached hydrogens (primary N) is 1. The molecule has 1 heterocycles. The van der Waals surface area contributed by atoms with Crippen LogP contribution in [0.5, 0.6) is 0 Å². The second-order valence-electron chi connectivity index (χ2n) is 7.43. The summed E-state index contributed by atoms with van der Waals surface area (Å²) in [6.07, 6.45) is 0.413. The van der Waals surface area contributed by atoms with Crippen molar-refractivity contribution in [1.29, 1.82) is 0 Å². The molecule has 0 unspecified atom stereocenters. The summed E-state index contributed by atoms with van der Waals surface area (Å²) < 4.78 is 19.6. The Morgan fingerprint density at radius 1 is 1.24 bits per heavy atom. The number of H-pyrrole nitrogens is 1. The van der Waals surface area contributed by atoms with Crippen LogP contribution in [0.3, 0.4) is 0 Å². The summed E-state index contributed by atoms with van der Waals surface area (Å²) in [6.45, 7) is 0.304. The first kappa shape index (κ1) is 25.0. The van der Waals surface area contributed by atoms with Crippen LogP contribution in [0.15, 0.2) is 58.1 Å². The third kappa shape index (κ3) is 6.03. The van der Waals surface area contributed by atoms with Crippen molar-refractivity contribution in [1.82, 2.24) is 9.55 Å². The highest BCUT2D eigenvalue weighted by atomic mass is 35.5. The molecule has 0 bridgehead atoms. The zero-order chi connectivity index (χ0) is 24.7. The molecule has 180 valence electrons. The molecule has 1 amide bonds. The lowest BCUT2D eigenvalue weighted by Crippen LogP contribution is -2.44. The third-order valence-electron chi connectivity index (χ3n) is 5.06. The van der Waals surface area contributed by atoms with Crippen LogP contribution in [0.2, 0.25) is 5.02 Å². The zero-order valence-corrected chi connectivity index (χ0v) is 19.3. The van der Waals surface area contributed by atoms with E-state index in [1.54, 1.807) is 0 Å². The van der Waals surface area contributed by atoms with Gasteiger partial charge in [-0.15, -0.1) is 0 Å². The molecule has 4 N–H and O–H groups in total. The molecule has 1 aromatic heterocycles. The van der Waals surface area contributed by atoms with E-state index < -0.39 is 23.0 Å². The Kier molecular flexibility index (Phi) is 8.44. The van der Waals surface area contributed by atoms with E-state index >= 15 is 0 Å². The lowest BCUT2D eigenvalue weighted by molar-refractivity contribution is -0.117. The smallest absolute Gasteiger partial charge is 0.330 e. The maximum atomic E-state index is 13.3. The number of benzene rings is 2. The fourth-order valence-corrected chi connectivity index (χ4v) is 3.62. The van der Waals surface area contributed by atoms with Gasteiger partial charge in [-0.1, -0.05) is 41.9 Å². The largest absolute Gasteiger partial charge is 0.385 e. The molecule has 0 atom stereocenters. The maximum absolute atomic E-state index is 13.3. The number of rotatable bonds is 10. The standard InChI is InChI=1S/C23H25ClFN5O4/c1-34-11-5-10-29(19(31)13-27-18-9-8-16(25)12-17(18)24)20-21(26)30(23(33)28-22(20)32)14-15-6-3-2-4-7-15/h2-4,6-9,12,27H,5,10-11,13-14,26H2,1H3,(H,28,32,33).